The van der Waals surface area contributed by atoms with E-state index in [1.54, 1.807) is 30.3 Å². The Morgan fingerprint density at radius 3 is 2.85 bits per heavy atom. The topological polar surface area (TPSA) is 160 Å². The van der Waals surface area contributed by atoms with Crippen LogP contribution in [0, 0.1) is 23.0 Å². The molecule has 0 saturated carbocycles. The van der Waals surface area contributed by atoms with Crippen molar-refractivity contribution < 1.29 is 23.0 Å². The van der Waals surface area contributed by atoms with Gasteiger partial charge in [0.2, 0.25) is 0 Å². The number of carbonyl (C=O) groups is 1. The molecule has 6 heterocycles. The summed E-state index contributed by atoms with van der Waals surface area (Å²) in [4.78, 5) is 32.0. The van der Waals surface area contributed by atoms with E-state index in [1.165, 1.54) is 12.1 Å². The molecule has 53 heavy (non-hydrogen) atoms. The fourth-order valence-electron chi connectivity index (χ4n) is 8.06. The Kier molecular flexibility index (Phi) is 8.51. The molecule has 0 radical (unpaired) electrons. The first-order valence-electron chi connectivity index (χ1n) is 16.9. The lowest BCUT2D eigenvalue weighted by atomic mass is 9.92. The molecule has 8 rings (SSSR count). The minimum atomic E-state index is -0.813. The van der Waals surface area contributed by atoms with Crippen LogP contribution in [0.2, 0.25) is 5.02 Å². The third-order valence-electron chi connectivity index (χ3n) is 10.7. The van der Waals surface area contributed by atoms with Crippen molar-refractivity contribution in [3.63, 3.8) is 0 Å². The molecular formula is C37H34ClF2N9O3S. The second kappa shape index (κ2) is 13.0. The van der Waals surface area contributed by atoms with Crippen molar-refractivity contribution in [1.82, 2.24) is 24.8 Å². The second-order valence-electron chi connectivity index (χ2n) is 13.8. The van der Waals surface area contributed by atoms with E-state index in [0.717, 1.165) is 22.5 Å². The number of thiophene rings is 1. The van der Waals surface area contributed by atoms with E-state index in [2.05, 4.69) is 21.4 Å². The number of hydrogen-bond donors (Lipinski definition) is 2. The highest BCUT2D eigenvalue weighted by Crippen LogP contribution is 2.47. The summed E-state index contributed by atoms with van der Waals surface area (Å²) in [7, 11) is 1.79. The van der Waals surface area contributed by atoms with Gasteiger partial charge in [0.05, 0.1) is 33.4 Å². The van der Waals surface area contributed by atoms with Crippen LogP contribution in [-0.2, 0) is 4.74 Å². The molecule has 0 bridgehead atoms. The molecule has 0 spiro atoms. The fraction of sp³-hybridized carbons (Fsp3) is 0.324. The Bertz CT molecular complexity index is 2400. The number of cyclic esters (lactones) is 1. The van der Waals surface area contributed by atoms with Gasteiger partial charge in [-0.3, -0.25) is 4.90 Å². The van der Waals surface area contributed by atoms with Crippen molar-refractivity contribution in [2.75, 3.05) is 56.3 Å². The zero-order valence-electron chi connectivity index (χ0n) is 28.8. The Balaban J connectivity index is 1.26. The lowest BCUT2D eigenvalue weighted by molar-refractivity contribution is 0.107. The molecule has 4 N–H and O–H groups in total. The van der Waals surface area contributed by atoms with Gasteiger partial charge in [0, 0.05) is 54.3 Å². The number of rotatable bonds is 8. The number of halogens is 3. The van der Waals surface area contributed by atoms with Crippen LogP contribution in [-0.4, -0.2) is 82.3 Å². The number of carbonyl (C=O) groups excluding carboxylic acids is 1. The summed E-state index contributed by atoms with van der Waals surface area (Å²) in [5.74, 6) is -0.769. The van der Waals surface area contributed by atoms with Crippen LogP contribution in [0.3, 0.4) is 0 Å². The van der Waals surface area contributed by atoms with Gasteiger partial charge in [-0.05, 0) is 43.5 Å². The van der Waals surface area contributed by atoms with Crippen LogP contribution in [0.1, 0.15) is 36.9 Å². The highest BCUT2D eigenvalue weighted by Gasteiger charge is 2.53. The van der Waals surface area contributed by atoms with Crippen molar-refractivity contribution in [2.24, 2.45) is 0 Å². The van der Waals surface area contributed by atoms with Gasteiger partial charge >= 0.3 is 12.1 Å². The summed E-state index contributed by atoms with van der Waals surface area (Å²) in [6.45, 7) is 8.46. The minimum Gasteiger partial charge on any atom is -0.461 e. The summed E-state index contributed by atoms with van der Waals surface area (Å²) in [6.07, 6.45) is 2.54. The van der Waals surface area contributed by atoms with Gasteiger partial charge in [0.25, 0.3) is 0 Å². The highest BCUT2D eigenvalue weighted by atomic mass is 35.5. The number of ether oxygens (including phenoxy) is 2. The zero-order chi connectivity index (χ0) is 37.3. The van der Waals surface area contributed by atoms with Gasteiger partial charge < -0.3 is 30.7 Å². The lowest BCUT2D eigenvalue weighted by Crippen LogP contribution is -2.43. The van der Waals surface area contributed by atoms with E-state index in [-0.39, 0.29) is 78.5 Å². The van der Waals surface area contributed by atoms with Gasteiger partial charge in [-0.25, -0.2) is 18.6 Å². The maximum Gasteiger partial charge on any atom is 0.410 e. The maximum atomic E-state index is 17.2. The molecule has 1 unspecified atom stereocenters. The van der Waals surface area contributed by atoms with Crippen LogP contribution in [0.15, 0.2) is 48.7 Å². The van der Waals surface area contributed by atoms with E-state index in [0.29, 0.717) is 50.7 Å². The van der Waals surface area contributed by atoms with Gasteiger partial charge in [-0.1, -0.05) is 35.9 Å². The standard InChI is InChI=1S/C37H34ClF2N9O3S/c1-18-12-37(13-20(16-48(37)15-18)49-9-10-51-36(49)50)17-52-35-45-30-23(34(46-35)47(3)19(2)21-5-4-8-44-32(21)42)11-25(38)28(29(30)40)22-6-7-26(39)31-27(22)24(14-41)33(43)53-31/h4-8,11,19-20H,1,9-10,12-13,15-17,43H2,2-3H3,(H2,42,44)/t19-,20-,37?/m1/s1. The molecule has 3 aliphatic heterocycles. The molecule has 3 fully saturated rings. The number of amides is 1. The average molecular weight is 758 g/mol. The van der Waals surface area contributed by atoms with E-state index in [9.17, 15) is 14.4 Å². The Labute approximate surface area is 312 Å². The quantitative estimate of drug-likeness (QED) is 0.163. The summed E-state index contributed by atoms with van der Waals surface area (Å²) in [5.41, 5.74) is 13.7. The van der Waals surface area contributed by atoms with E-state index >= 15 is 4.39 Å². The average Bonchev–Trinajstić information content (AvgIpc) is 3.88. The first-order chi connectivity index (χ1) is 25.4. The van der Waals surface area contributed by atoms with Crippen LogP contribution < -0.4 is 21.1 Å². The van der Waals surface area contributed by atoms with Crippen LogP contribution in [0.4, 0.5) is 30.2 Å². The number of pyridine rings is 1. The van der Waals surface area contributed by atoms with Crippen molar-refractivity contribution >= 4 is 66.7 Å². The number of fused-ring (bicyclic) bond motifs is 3. The van der Waals surface area contributed by atoms with Gasteiger partial charge in [0.1, 0.15) is 47.3 Å². The Hall–Kier alpha value is -5.30. The van der Waals surface area contributed by atoms with Gasteiger partial charge in [-0.2, -0.15) is 15.2 Å². The minimum absolute atomic E-state index is 0.00605. The zero-order valence-corrected chi connectivity index (χ0v) is 30.4. The number of aromatic nitrogens is 3. The van der Waals surface area contributed by atoms with Crippen LogP contribution in [0.5, 0.6) is 6.01 Å². The van der Waals surface area contributed by atoms with Crippen molar-refractivity contribution in [1.29, 1.82) is 5.26 Å². The summed E-state index contributed by atoms with van der Waals surface area (Å²) in [6, 6.07) is 9.25. The third kappa shape index (κ3) is 5.63. The maximum absolute atomic E-state index is 17.2. The number of anilines is 3. The smallest absolute Gasteiger partial charge is 0.410 e. The summed E-state index contributed by atoms with van der Waals surface area (Å²) >= 11 is 7.80. The Morgan fingerprint density at radius 1 is 1.30 bits per heavy atom. The number of nitriles is 1. The van der Waals surface area contributed by atoms with E-state index in [1.807, 2.05) is 24.0 Å². The molecule has 272 valence electrons. The van der Waals surface area contributed by atoms with Crippen molar-refractivity contribution in [3.05, 3.63) is 76.5 Å². The van der Waals surface area contributed by atoms with Crippen molar-refractivity contribution in [2.45, 2.75) is 37.4 Å². The number of benzene rings is 2. The SMILES string of the molecule is C=C1CN2C[C@H](N3CCOC3=O)CC2(COc2nc(N(C)[C@H](C)c3cccnc3N)c3cc(Cl)c(-c4ccc(F)c5sc(N)c(C#N)c45)c(F)c3n2)C1. The highest BCUT2D eigenvalue weighted by molar-refractivity contribution is 7.23. The molecule has 1 amide bonds. The molecule has 3 aromatic heterocycles. The molecule has 2 aromatic carbocycles. The molecule has 3 aliphatic rings. The van der Waals surface area contributed by atoms with Crippen LogP contribution >= 0.6 is 22.9 Å². The van der Waals surface area contributed by atoms with E-state index < -0.39 is 17.2 Å². The molecule has 3 saturated heterocycles. The second-order valence-corrected chi connectivity index (χ2v) is 15.2. The molecule has 16 heteroatoms. The predicted octanol–water partition coefficient (Wildman–Crippen LogP) is 6.68. The fourth-order valence-corrected chi connectivity index (χ4v) is 9.30. The molecule has 12 nitrogen and oxygen atoms in total. The molecular weight excluding hydrogens is 724 g/mol. The lowest BCUT2D eigenvalue weighted by Gasteiger charge is -2.31. The predicted molar refractivity (Wildman–Crippen MR) is 200 cm³/mol. The number of hydrogen-bond acceptors (Lipinski definition) is 12. The number of nitrogens with zero attached hydrogens (tertiary/aromatic N) is 7. The normalized spacial score (nSPS) is 20.6. The largest absolute Gasteiger partial charge is 0.461 e. The first kappa shape index (κ1) is 34.8. The molecule has 5 aromatic rings. The van der Waals surface area contributed by atoms with Crippen LogP contribution in [0.25, 0.3) is 32.1 Å². The van der Waals surface area contributed by atoms with Gasteiger partial charge in [0.15, 0.2) is 5.82 Å². The summed E-state index contributed by atoms with van der Waals surface area (Å²) < 4.78 is 44.0. The Morgan fingerprint density at radius 2 is 2.11 bits per heavy atom. The number of nitrogen functional groups attached to an aromatic ring is 2. The number of nitrogens with two attached hydrogens (primary N) is 2. The van der Waals surface area contributed by atoms with Gasteiger partial charge in [-0.15, -0.1) is 11.3 Å². The molecule has 3 atom stereocenters. The summed E-state index contributed by atoms with van der Waals surface area (Å²) in [5, 5.41) is 10.5. The van der Waals surface area contributed by atoms with Crippen molar-refractivity contribution in [3.8, 4) is 23.2 Å². The third-order valence-corrected chi connectivity index (χ3v) is 12.0. The molecule has 0 aliphatic carbocycles. The monoisotopic (exact) mass is 757 g/mol. The first-order valence-corrected chi connectivity index (χ1v) is 18.1. The van der Waals surface area contributed by atoms with E-state index in [4.69, 9.17) is 37.5 Å².